The molecule has 1 unspecified atom stereocenters. The Balaban J connectivity index is 1.56. The van der Waals surface area contributed by atoms with Gasteiger partial charge in [0.25, 0.3) is 0 Å². The van der Waals surface area contributed by atoms with E-state index in [2.05, 4.69) is 4.90 Å². The molecule has 1 fully saturated rings. The predicted molar refractivity (Wildman–Crippen MR) is 112 cm³/mol. The maximum absolute atomic E-state index is 13.2. The van der Waals surface area contributed by atoms with Gasteiger partial charge < -0.3 is 14.5 Å². The van der Waals surface area contributed by atoms with Crippen LogP contribution in [0.4, 0.5) is 11.4 Å². The summed E-state index contributed by atoms with van der Waals surface area (Å²) in [5.74, 6) is 0.402. The fourth-order valence-corrected chi connectivity index (χ4v) is 5.29. The number of carbonyl (C=O) groups is 1. The zero-order valence-electron chi connectivity index (χ0n) is 16.6. The van der Waals surface area contributed by atoms with E-state index >= 15 is 0 Å². The van der Waals surface area contributed by atoms with Crippen LogP contribution in [0.3, 0.4) is 0 Å². The lowest BCUT2D eigenvalue weighted by atomic mass is 10.2. The molecule has 0 radical (unpaired) electrons. The molecular weight excluding hydrogens is 390 g/mol. The highest BCUT2D eigenvalue weighted by atomic mass is 32.2. The van der Waals surface area contributed by atoms with Crippen LogP contribution in [0.1, 0.15) is 13.8 Å². The molecule has 1 atom stereocenters. The SMILES string of the molecule is CC(=O)N1CC(C)Oc2ccc(S(=O)(=O)N3CCN(c4ccccc4)CC3)cc21. The summed E-state index contributed by atoms with van der Waals surface area (Å²) >= 11 is 0. The maximum atomic E-state index is 13.2. The van der Waals surface area contributed by atoms with Gasteiger partial charge in [0.2, 0.25) is 15.9 Å². The first-order chi connectivity index (χ1) is 13.9. The number of ether oxygens (including phenoxy) is 1. The Bertz CT molecular complexity index is 1000. The minimum Gasteiger partial charge on any atom is -0.487 e. The molecule has 8 heteroatoms. The summed E-state index contributed by atoms with van der Waals surface area (Å²) in [5.41, 5.74) is 1.61. The molecule has 1 saturated heterocycles. The van der Waals surface area contributed by atoms with Crippen molar-refractivity contribution >= 4 is 27.3 Å². The summed E-state index contributed by atoms with van der Waals surface area (Å²) in [7, 11) is -3.65. The number of amides is 1. The largest absolute Gasteiger partial charge is 0.487 e. The summed E-state index contributed by atoms with van der Waals surface area (Å²) in [6, 6.07) is 14.8. The third-order valence-electron chi connectivity index (χ3n) is 5.37. The third-order valence-corrected chi connectivity index (χ3v) is 7.26. The maximum Gasteiger partial charge on any atom is 0.243 e. The Kier molecular flexibility index (Phi) is 5.23. The van der Waals surface area contributed by atoms with Crippen molar-refractivity contribution in [1.82, 2.24) is 4.31 Å². The third kappa shape index (κ3) is 3.82. The second kappa shape index (κ2) is 7.68. The first-order valence-electron chi connectivity index (χ1n) is 9.75. The molecule has 0 bridgehead atoms. The zero-order chi connectivity index (χ0) is 20.6. The Morgan fingerprint density at radius 1 is 1.03 bits per heavy atom. The van der Waals surface area contributed by atoms with Crippen LogP contribution in [0.25, 0.3) is 0 Å². The zero-order valence-corrected chi connectivity index (χ0v) is 17.4. The van der Waals surface area contributed by atoms with Crippen LogP contribution in [0.5, 0.6) is 5.75 Å². The number of anilines is 2. The van der Waals surface area contributed by atoms with Gasteiger partial charge in [-0.3, -0.25) is 4.79 Å². The molecule has 2 aliphatic rings. The van der Waals surface area contributed by atoms with Gasteiger partial charge in [0.15, 0.2) is 0 Å². The number of rotatable bonds is 3. The van der Waals surface area contributed by atoms with Crippen molar-refractivity contribution in [2.75, 3.05) is 42.5 Å². The molecule has 0 N–H and O–H groups in total. The minimum absolute atomic E-state index is 0.132. The molecular formula is C21H25N3O4S. The number of nitrogens with zero attached hydrogens (tertiary/aromatic N) is 3. The second-order valence-electron chi connectivity index (χ2n) is 7.41. The highest BCUT2D eigenvalue weighted by Gasteiger charge is 2.32. The molecule has 0 aliphatic carbocycles. The standard InChI is InChI=1S/C21H25N3O4S/c1-16-15-24(17(2)25)20-14-19(8-9-21(20)28-16)29(26,27)23-12-10-22(11-13-23)18-6-4-3-5-7-18/h3-9,14,16H,10-13,15H2,1-2H3. The van der Waals surface area contributed by atoms with E-state index in [9.17, 15) is 13.2 Å². The first-order valence-corrected chi connectivity index (χ1v) is 11.2. The minimum atomic E-state index is -3.65. The number of para-hydroxylation sites is 1. The molecule has 1 amide bonds. The van der Waals surface area contributed by atoms with Crippen LogP contribution in [-0.2, 0) is 14.8 Å². The highest BCUT2D eigenvalue weighted by Crippen LogP contribution is 2.36. The van der Waals surface area contributed by atoms with Crippen molar-refractivity contribution in [3.05, 3.63) is 48.5 Å². The van der Waals surface area contributed by atoms with Crippen LogP contribution in [0.2, 0.25) is 0 Å². The van der Waals surface area contributed by atoms with Gasteiger partial charge in [0.1, 0.15) is 11.9 Å². The lowest BCUT2D eigenvalue weighted by Crippen LogP contribution is -2.48. The van der Waals surface area contributed by atoms with Crippen molar-refractivity contribution in [3.63, 3.8) is 0 Å². The highest BCUT2D eigenvalue weighted by molar-refractivity contribution is 7.89. The summed E-state index contributed by atoms with van der Waals surface area (Å²) in [4.78, 5) is 16.0. The van der Waals surface area contributed by atoms with Crippen molar-refractivity contribution in [2.45, 2.75) is 24.8 Å². The number of piperazine rings is 1. The molecule has 2 heterocycles. The normalized spacial score (nSPS) is 20.1. The fraction of sp³-hybridized carbons (Fsp3) is 0.381. The Morgan fingerprint density at radius 3 is 2.38 bits per heavy atom. The van der Waals surface area contributed by atoms with Gasteiger partial charge >= 0.3 is 0 Å². The van der Waals surface area contributed by atoms with Gasteiger partial charge in [0, 0.05) is 38.8 Å². The lowest BCUT2D eigenvalue weighted by Gasteiger charge is -2.36. The van der Waals surface area contributed by atoms with E-state index in [4.69, 9.17) is 4.74 Å². The van der Waals surface area contributed by atoms with Crippen molar-refractivity contribution in [3.8, 4) is 5.75 Å². The molecule has 2 aromatic carbocycles. The molecule has 0 spiro atoms. The average Bonchev–Trinajstić information content (AvgIpc) is 2.73. The van der Waals surface area contributed by atoms with Gasteiger partial charge in [-0.1, -0.05) is 18.2 Å². The number of hydrogen-bond acceptors (Lipinski definition) is 5. The molecule has 7 nitrogen and oxygen atoms in total. The first kappa shape index (κ1) is 19.7. The molecule has 2 aliphatic heterocycles. The second-order valence-corrected chi connectivity index (χ2v) is 9.35. The summed E-state index contributed by atoms with van der Waals surface area (Å²) in [5, 5.41) is 0. The van der Waals surface area contributed by atoms with Crippen LogP contribution < -0.4 is 14.5 Å². The van der Waals surface area contributed by atoms with Gasteiger partial charge in [0.05, 0.1) is 17.1 Å². The van der Waals surface area contributed by atoms with E-state index in [0.29, 0.717) is 44.2 Å². The summed E-state index contributed by atoms with van der Waals surface area (Å²) < 4.78 is 33.7. The predicted octanol–water partition coefficient (Wildman–Crippen LogP) is 2.33. The van der Waals surface area contributed by atoms with E-state index in [-0.39, 0.29) is 16.9 Å². The van der Waals surface area contributed by atoms with E-state index in [1.54, 1.807) is 23.1 Å². The summed E-state index contributed by atoms with van der Waals surface area (Å²) in [6.07, 6.45) is -0.139. The van der Waals surface area contributed by atoms with Gasteiger partial charge in [-0.15, -0.1) is 0 Å². The molecule has 0 aromatic heterocycles. The van der Waals surface area contributed by atoms with E-state index < -0.39 is 10.0 Å². The fourth-order valence-electron chi connectivity index (χ4n) is 3.85. The number of hydrogen-bond donors (Lipinski definition) is 0. The van der Waals surface area contributed by atoms with E-state index in [0.717, 1.165) is 5.69 Å². The van der Waals surface area contributed by atoms with Gasteiger partial charge in [-0.05, 0) is 37.3 Å². The molecule has 29 heavy (non-hydrogen) atoms. The van der Waals surface area contributed by atoms with Crippen molar-refractivity contribution < 1.29 is 17.9 Å². The van der Waals surface area contributed by atoms with Crippen LogP contribution in [0, 0.1) is 0 Å². The molecule has 0 saturated carbocycles. The Morgan fingerprint density at radius 2 is 1.72 bits per heavy atom. The number of fused-ring (bicyclic) bond motifs is 1. The Hall–Kier alpha value is -2.58. The smallest absolute Gasteiger partial charge is 0.243 e. The van der Waals surface area contributed by atoms with E-state index in [1.165, 1.54) is 11.2 Å². The van der Waals surface area contributed by atoms with Crippen LogP contribution in [0.15, 0.2) is 53.4 Å². The average molecular weight is 416 g/mol. The van der Waals surface area contributed by atoms with Gasteiger partial charge in [-0.25, -0.2) is 8.42 Å². The Labute approximate surface area is 171 Å². The quantitative estimate of drug-likeness (QED) is 0.770. The van der Waals surface area contributed by atoms with Crippen LogP contribution in [-0.4, -0.2) is 57.5 Å². The lowest BCUT2D eigenvalue weighted by molar-refractivity contribution is -0.117. The van der Waals surface area contributed by atoms with Crippen LogP contribution >= 0.6 is 0 Å². The van der Waals surface area contributed by atoms with E-state index in [1.807, 2.05) is 37.3 Å². The number of benzene rings is 2. The molecule has 2 aromatic rings. The molecule has 4 rings (SSSR count). The number of carbonyl (C=O) groups excluding carboxylic acids is 1. The topological polar surface area (TPSA) is 70.2 Å². The molecule has 154 valence electrons. The van der Waals surface area contributed by atoms with Crippen molar-refractivity contribution in [1.29, 1.82) is 0 Å². The number of sulfonamides is 1. The van der Waals surface area contributed by atoms with Gasteiger partial charge in [-0.2, -0.15) is 4.31 Å². The monoisotopic (exact) mass is 415 g/mol. The van der Waals surface area contributed by atoms with Crippen molar-refractivity contribution in [2.24, 2.45) is 0 Å². The summed E-state index contributed by atoms with van der Waals surface area (Å²) in [6.45, 7) is 5.86.